The predicted molar refractivity (Wildman–Crippen MR) is 73.6 cm³/mol. The van der Waals surface area contributed by atoms with Crippen LogP contribution in [0.15, 0.2) is 47.2 Å². The van der Waals surface area contributed by atoms with E-state index in [2.05, 4.69) is 32.3 Å². The number of pyridine rings is 1. The first-order valence-electron chi connectivity index (χ1n) is 5.41. The van der Waals surface area contributed by atoms with Gasteiger partial charge in [-0.05, 0) is 45.3 Å². The monoisotopic (exact) mass is 291 g/mol. The highest BCUT2D eigenvalue weighted by atomic mass is 79.9. The zero-order chi connectivity index (χ0) is 12.1. The van der Waals surface area contributed by atoms with Crippen LogP contribution in [0.5, 0.6) is 0 Å². The van der Waals surface area contributed by atoms with E-state index >= 15 is 0 Å². The highest BCUT2D eigenvalue weighted by molar-refractivity contribution is 9.10. The Morgan fingerprint density at radius 2 is 1.94 bits per heavy atom. The molecule has 0 aliphatic heterocycles. The number of para-hydroxylation sites is 1. The van der Waals surface area contributed by atoms with E-state index in [4.69, 9.17) is 5.73 Å². The van der Waals surface area contributed by atoms with Gasteiger partial charge in [0.15, 0.2) is 0 Å². The van der Waals surface area contributed by atoms with E-state index in [1.807, 2.05) is 30.5 Å². The van der Waals surface area contributed by atoms with E-state index in [-0.39, 0.29) is 0 Å². The van der Waals surface area contributed by atoms with Crippen LogP contribution >= 0.6 is 15.9 Å². The Morgan fingerprint density at radius 3 is 2.71 bits per heavy atom. The number of nitrogens with zero attached hydrogens (tertiary/aromatic N) is 1. The maximum Gasteiger partial charge on any atom is 0.0487 e. The first kappa shape index (κ1) is 12.1. The molecular formula is C13H14BrN3. The maximum atomic E-state index is 5.58. The van der Waals surface area contributed by atoms with Gasteiger partial charge in [-0.15, -0.1) is 0 Å². The van der Waals surface area contributed by atoms with Gasteiger partial charge in [-0.1, -0.05) is 12.1 Å². The van der Waals surface area contributed by atoms with E-state index < -0.39 is 0 Å². The van der Waals surface area contributed by atoms with Crippen molar-refractivity contribution >= 4 is 21.6 Å². The molecule has 0 spiro atoms. The number of nitrogens with two attached hydrogens (primary N) is 1. The Kier molecular flexibility index (Phi) is 4.12. The lowest BCUT2D eigenvalue weighted by atomic mass is 10.2. The average Bonchev–Trinajstić information content (AvgIpc) is 2.38. The Morgan fingerprint density at radius 1 is 1.18 bits per heavy atom. The molecule has 0 saturated carbocycles. The number of aromatic nitrogens is 1. The van der Waals surface area contributed by atoms with Gasteiger partial charge in [-0.25, -0.2) is 0 Å². The molecule has 0 radical (unpaired) electrons. The van der Waals surface area contributed by atoms with Gasteiger partial charge in [0.2, 0.25) is 0 Å². The van der Waals surface area contributed by atoms with Crippen molar-refractivity contribution in [2.45, 2.75) is 13.1 Å². The summed E-state index contributed by atoms with van der Waals surface area (Å²) in [6.45, 7) is 1.26. The number of hydrogen-bond donors (Lipinski definition) is 2. The van der Waals surface area contributed by atoms with Crippen molar-refractivity contribution in [3.05, 3.63) is 58.3 Å². The van der Waals surface area contributed by atoms with Gasteiger partial charge in [-0.3, -0.25) is 4.98 Å². The van der Waals surface area contributed by atoms with E-state index in [1.165, 1.54) is 0 Å². The van der Waals surface area contributed by atoms with Crippen molar-refractivity contribution < 1.29 is 0 Å². The molecule has 0 amide bonds. The zero-order valence-electron chi connectivity index (χ0n) is 9.36. The van der Waals surface area contributed by atoms with E-state index in [1.54, 1.807) is 6.20 Å². The molecule has 1 heterocycles. The molecule has 0 aliphatic carbocycles. The Hall–Kier alpha value is -1.39. The van der Waals surface area contributed by atoms with Crippen LogP contribution < -0.4 is 11.1 Å². The van der Waals surface area contributed by atoms with Gasteiger partial charge >= 0.3 is 0 Å². The average molecular weight is 292 g/mol. The van der Waals surface area contributed by atoms with Gasteiger partial charge < -0.3 is 11.1 Å². The van der Waals surface area contributed by atoms with Crippen molar-refractivity contribution in [2.24, 2.45) is 5.73 Å². The topological polar surface area (TPSA) is 50.9 Å². The third kappa shape index (κ3) is 3.28. The smallest absolute Gasteiger partial charge is 0.0487 e. The second kappa shape index (κ2) is 5.80. The molecule has 0 fully saturated rings. The minimum Gasteiger partial charge on any atom is -0.380 e. The summed E-state index contributed by atoms with van der Waals surface area (Å²) in [5, 5.41) is 3.35. The molecule has 1 aromatic heterocycles. The molecule has 88 valence electrons. The summed E-state index contributed by atoms with van der Waals surface area (Å²) in [4.78, 5) is 4.16. The summed E-state index contributed by atoms with van der Waals surface area (Å²) >= 11 is 3.50. The second-order valence-corrected chi connectivity index (χ2v) is 4.59. The molecule has 0 aliphatic rings. The summed E-state index contributed by atoms with van der Waals surface area (Å²) in [6.07, 6.45) is 3.64. The van der Waals surface area contributed by atoms with Crippen LogP contribution in [0.2, 0.25) is 0 Å². The molecule has 4 heteroatoms. The molecule has 0 atom stereocenters. The largest absolute Gasteiger partial charge is 0.380 e. The van der Waals surface area contributed by atoms with Crippen molar-refractivity contribution in [1.29, 1.82) is 0 Å². The lowest BCUT2D eigenvalue weighted by Crippen LogP contribution is -2.03. The van der Waals surface area contributed by atoms with Crippen LogP contribution in [0.4, 0.5) is 5.69 Å². The van der Waals surface area contributed by atoms with Crippen LogP contribution in [-0.4, -0.2) is 4.98 Å². The number of benzene rings is 1. The van der Waals surface area contributed by atoms with Crippen molar-refractivity contribution in [1.82, 2.24) is 4.98 Å². The summed E-state index contributed by atoms with van der Waals surface area (Å²) in [6, 6.07) is 10.1. The van der Waals surface area contributed by atoms with Crippen LogP contribution in [0.3, 0.4) is 0 Å². The molecule has 3 N–H and O–H groups in total. The van der Waals surface area contributed by atoms with Crippen LogP contribution in [0.1, 0.15) is 11.1 Å². The van der Waals surface area contributed by atoms with Crippen LogP contribution in [-0.2, 0) is 13.1 Å². The van der Waals surface area contributed by atoms with Crippen molar-refractivity contribution in [2.75, 3.05) is 5.32 Å². The summed E-state index contributed by atoms with van der Waals surface area (Å²) in [5.74, 6) is 0. The number of anilines is 1. The quantitative estimate of drug-likeness (QED) is 0.911. The lowest BCUT2D eigenvalue weighted by molar-refractivity contribution is 1.02. The first-order valence-corrected chi connectivity index (χ1v) is 6.20. The Bertz CT molecular complexity index is 500. The third-order valence-corrected chi connectivity index (χ3v) is 3.14. The fourth-order valence-corrected chi connectivity index (χ4v) is 1.98. The lowest BCUT2D eigenvalue weighted by Gasteiger charge is -2.08. The summed E-state index contributed by atoms with van der Waals surface area (Å²) in [7, 11) is 0. The molecular weight excluding hydrogens is 278 g/mol. The standard InChI is InChI=1S/C13H14BrN3/c14-12-3-1-2-4-13(12)17-9-11-5-10(6-15)7-16-8-11/h1-5,7-8,17H,6,9,15H2. The fourth-order valence-electron chi connectivity index (χ4n) is 1.55. The van der Waals surface area contributed by atoms with Crippen molar-refractivity contribution in [3.63, 3.8) is 0 Å². The van der Waals surface area contributed by atoms with Crippen LogP contribution in [0, 0.1) is 0 Å². The SMILES string of the molecule is NCc1cncc(CNc2ccccc2Br)c1. The van der Waals surface area contributed by atoms with Gasteiger partial charge in [0, 0.05) is 35.6 Å². The molecule has 0 unspecified atom stereocenters. The molecule has 2 rings (SSSR count). The highest BCUT2D eigenvalue weighted by Gasteiger charge is 1.99. The van der Waals surface area contributed by atoms with Crippen molar-refractivity contribution in [3.8, 4) is 0 Å². The minimum atomic E-state index is 0.524. The maximum absolute atomic E-state index is 5.58. The molecule has 1 aromatic carbocycles. The van der Waals surface area contributed by atoms with E-state index in [9.17, 15) is 0 Å². The Labute approximate surface area is 109 Å². The number of halogens is 1. The van der Waals surface area contributed by atoms with Gasteiger partial charge in [0.05, 0.1) is 0 Å². The Balaban J connectivity index is 2.05. The number of nitrogens with one attached hydrogen (secondary N) is 1. The van der Waals surface area contributed by atoms with E-state index in [0.717, 1.165) is 27.8 Å². The predicted octanol–water partition coefficient (Wildman–Crippen LogP) is 2.91. The zero-order valence-corrected chi connectivity index (χ0v) is 10.9. The van der Waals surface area contributed by atoms with E-state index in [0.29, 0.717) is 6.54 Å². The van der Waals surface area contributed by atoms with Gasteiger partial charge in [0.25, 0.3) is 0 Å². The number of hydrogen-bond acceptors (Lipinski definition) is 3. The molecule has 2 aromatic rings. The normalized spacial score (nSPS) is 10.2. The van der Waals surface area contributed by atoms with Gasteiger partial charge in [-0.2, -0.15) is 0 Å². The third-order valence-electron chi connectivity index (χ3n) is 2.44. The summed E-state index contributed by atoms with van der Waals surface area (Å²) in [5.41, 5.74) is 8.84. The highest BCUT2D eigenvalue weighted by Crippen LogP contribution is 2.21. The first-order chi connectivity index (χ1) is 8.29. The minimum absolute atomic E-state index is 0.524. The molecule has 0 bridgehead atoms. The molecule has 17 heavy (non-hydrogen) atoms. The number of rotatable bonds is 4. The van der Waals surface area contributed by atoms with Gasteiger partial charge in [0.1, 0.15) is 0 Å². The summed E-state index contributed by atoms with van der Waals surface area (Å²) < 4.78 is 1.06. The van der Waals surface area contributed by atoms with Crippen LogP contribution in [0.25, 0.3) is 0 Å². The fraction of sp³-hybridized carbons (Fsp3) is 0.154. The molecule has 0 saturated heterocycles. The second-order valence-electron chi connectivity index (χ2n) is 3.74. The molecule has 3 nitrogen and oxygen atoms in total.